The largest absolute Gasteiger partial charge is 0.357 e. The van der Waals surface area contributed by atoms with Crippen LogP contribution in [0.25, 0.3) is 0 Å². The highest BCUT2D eigenvalue weighted by atomic mass is 35.5. The minimum absolute atomic E-state index is 0.368. The molecule has 0 N–H and O–H groups in total. The Kier molecular flexibility index (Phi) is 4.39. The van der Waals surface area contributed by atoms with Crippen LogP contribution in [0, 0.1) is 5.41 Å². The maximum Gasteiger partial charge on any atom is 0.128 e. The van der Waals surface area contributed by atoms with E-state index in [1.165, 1.54) is 19.3 Å². The zero-order valence-corrected chi connectivity index (χ0v) is 12.6. The summed E-state index contributed by atoms with van der Waals surface area (Å²) in [5.74, 6) is 1.38. The van der Waals surface area contributed by atoms with Gasteiger partial charge in [0.05, 0.1) is 16.6 Å². The molecule has 2 rings (SSSR count). The number of nitrogens with zero attached hydrogens (tertiary/aromatic N) is 2. The average Bonchev–Trinajstić information content (AvgIpc) is 2.40. The minimum Gasteiger partial charge on any atom is -0.357 e. The Morgan fingerprint density at radius 1 is 1.33 bits per heavy atom. The van der Waals surface area contributed by atoms with Crippen molar-refractivity contribution in [3.05, 3.63) is 22.8 Å². The number of rotatable bonds is 3. The molecule has 0 radical (unpaired) electrons. The Morgan fingerprint density at radius 3 is 2.56 bits per heavy atom. The van der Waals surface area contributed by atoms with E-state index in [0.29, 0.717) is 16.3 Å². The SMILES string of the molecule is CCC1(C)CCN(c2ccc(Cl)c(CCl)n2)CC1. The highest BCUT2D eigenvalue weighted by Crippen LogP contribution is 2.35. The topological polar surface area (TPSA) is 16.1 Å². The van der Waals surface area contributed by atoms with Crippen LogP contribution in [0.1, 0.15) is 38.8 Å². The summed E-state index contributed by atoms with van der Waals surface area (Å²) in [4.78, 5) is 6.89. The smallest absolute Gasteiger partial charge is 0.128 e. The second kappa shape index (κ2) is 5.66. The molecule has 0 atom stereocenters. The number of hydrogen-bond donors (Lipinski definition) is 0. The number of aromatic nitrogens is 1. The number of halogens is 2. The molecule has 4 heteroatoms. The van der Waals surface area contributed by atoms with Gasteiger partial charge in [0.1, 0.15) is 5.82 Å². The van der Waals surface area contributed by atoms with Crippen LogP contribution in [0.2, 0.25) is 5.02 Å². The van der Waals surface area contributed by atoms with E-state index in [1.807, 2.05) is 12.1 Å². The van der Waals surface area contributed by atoms with Crippen LogP contribution < -0.4 is 4.90 Å². The molecule has 0 spiro atoms. The molecular formula is C14H20Cl2N2. The van der Waals surface area contributed by atoms with Crippen LogP contribution in [0.15, 0.2) is 12.1 Å². The van der Waals surface area contributed by atoms with Crippen molar-refractivity contribution in [1.82, 2.24) is 4.98 Å². The monoisotopic (exact) mass is 286 g/mol. The van der Waals surface area contributed by atoms with Crippen LogP contribution in [-0.4, -0.2) is 18.1 Å². The second-order valence-electron chi connectivity index (χ2n) is 5.38. The number of piperidine rings is 1. The molecule has 1 aromatic heterocycles. The lowest BCUT2D eigenvalue weighted by molar-refractivity contribution is 0.238. The van der Waals surface area contributed by atoms with E-state index < -0.39 is 0 Å². The predicted octanol–water partition coefficient (Wildman–Crippen LogP) is 4.49. The zero-order valence-electron chi connectivity index (χ0n) is 11.0. The first-order valence-electron chi connectivity index (χ1n) is 6.54. The van der Waals surface area contributed by atoms with E-state index in [1.54, 1.807) is 0 Å². The summed E-state index contributed by atoms with van der Waals surface area (Å²) in [7, 11) is 0. The van der Waals surface area contributed by atoms with Gasteiger partial charge in [-0.1, -0.05) is 31.9 Å². The Morgan fingerprint density at radius 2 is 2.00 bits per heavy atom. The second-order valence-corrected chi connectivity index (χ2v) is 6.06. The van der Waals surface area contributed by atoms with Gasteiger partial charge in [0, 0.05) is 13.1 Å². The lowest BCUT2D eigenvalue weighted by Gasteiger charge is -2.39. The molecule has 18 heavy (non-hydrogen) atoms. The van der Waals surface area contributed by atoms with Crippen molar-refractivity contribution in [2.75, 3.05) is 18.0 Å². The first kappa shape index (κ1) is 14.0. The number of hydrogen-bond acceptors (Lipinski definition) is 2. The molecule has 1 fully saturated rings. The van der Waals surface area contributed by atoms with Crippen molar-refractivity contribution in [2.45, 2.75) is 39.0 Å². The van der Waals surface area contributed by atoms with Gasteiger partial charge in [-0.05, 0) is 30.4 Å². The molecule has 0 aromatic carbocycles. The Bertz CT molecular complexity index is 412. The fourth-order valence-electron chi connectivity index (χ4n) is 2.37. The Labute approximate surface area is 119 Å². The molecule has 0 unspecified atom stereocenters. The van der Waals surface area contributed by atoms with E-state index in [-0.39, 0.29) is 0 Å². The van der Waals surface area contributed by atoms with Gasteiger partial charge in [0.25, 0.3) is 0 Å². The van der Waals surface area contributed by atoms with E-state index in [4.69, 9.17) is 23.2 Å². The highest BCUT2D eigenvalue weighted by molar-refractivity contribution is 6.32. The maximum atomic E-state index is 6.04. The first-order chi connectivity index (χ1) is 8.58. The van der Waals surface area contributed by atoms with Crippen LogP contribution in [0.3, 0.4) is 0 Å². The molecule has 0 aliphatic carbocycles. The molecule has 2 nitrogen and oxygen atoms in total. The Balaban J connectivity index is 2.10. The van der Waals surface area contributed by atoms with E-state index in [0.717, 1.165) is 24.6 Å². The summed E-state index contributed by atoms with van der Waals surface area (Å²) in [6.45, 7) is 6.80. The quantitative estimate of drug-likeness (QED) is 0.761. The van der Waals surface area contributed by atoms with Gasteiger partial charge >= 0.3 is 0 Å². The maximum absolute atomic E-state index is 6.04. The van der Waals surface area contributed by atoms with Crippen molar-refractivity contribution in [3.63, 3.8) is 0 Å². The lowest BCUT2D eigenvalue weighted by Crippen LogP contribution is -2.38. The lowest BCUT2D eigenvalue weighted by atomic mass is 9.78. The number of pyridine rings is 1. The summed E-state index contributed by atoms with van der Waals surface area (Å²) in [5.41, 5.74) is 1.28. The summed E-state index contributed by atoms with van der Waals surface area (Å²) >= 11 is 11.9. The van der Waals surface area contributed by atoms with Crippen LogP contribution >= 0.6 is 23.2 Å². The third kappa shape index (κ3) is 2.92. The third-order valence-electron chi connectivity index (χ3n) is 4.18. The minimum atomic E-state index is 0.368. The van der Waals surface area contributed by atoms with Crippen molar-refractivity contribution in [2.24, 2.45) is 5.41 Å². The van der Waals surface area contributed by atoms with Crippen LogP contribution in [0.4, 0.5) is 5.82 Å². The van der Waals surface area contributed by atoms with Crippen LogP contribution in [-0.2, 0) is 5.88 Å². The van der Waals surface area contributed by atoms with Gasteiger partial charge in [0.15, 0.2) is 0 Å². The average molecular weight is 287 g/mol. The van der Waals surface area contributed by atoms with E-state index >= 15 is 0 Å². The van der Waals surface area contributed by atoms with Gasteiger partial charge in [-0.3, -0.25) is 0 Å². The fraction of sp³-hybridized carbons (Fsp3) is 0.643. The van der Waals surface area contributed by atoms with E-state index in [2.05, 4.69) is 23.7 Å². The Hall–Kier alpha value is -0.470. The number of alkyl halides is 1. The first-order valence-corrected chi connectivity index (χ1v) is 7.45. The summed E-state index contributed by atoms with van der Waals surface area (Å²) in [6.07, 6.45) is 3.70. The summed E-state index contributed by atoms with van der Waals surface area (Å²) in [5, 5.41) is 0.657. The summed E-state index contributed by atoms with van der Waals surface area (Å²) < 4.78 is 0. The van der Waals surface area contributed by atoms with Gasteiger partial charge in [-0.25, -0.2) is 4.98 Å². The van der Waals surface area contributed by atoms with Crippen molar-refractivity contribution in [3.8, 4) is 0 Å². The van der Waals surface area contributed by atoms with E-state index in [9.17, 15) is 0 Å². The van der Waals surface area contributed by atoms with Gasteiger partial charge < -0.3 is 4.90 Å². The molecule has 1 aromatic rings. The molecule has 2 heterocycles. The van der Waals surface area contributed by atoms with Crippen molar-refractivity contribution in [1.29, 1.82) is 0 Å². The third-order valence-corrected chi connectivity index (χ3v) is 4.78. The van der Waals surface area contributed by atoms with Crippen LogP contribution in [0.5, 0.6) is 0 Å². The molecule has 0 amide bonds. The molecule has 100 valence electrons. The molecule has 0 saturated carbocycles. The fourth-order valence-corrected chi connectivity index (χ4v) is 2.82. The highest BCUT2D eigenvalue weighted by Gasteiger charge is 2.28. The molecule has 0 bridgehead atoms. The molecule has 1 aliphatic heterocycles. The molecular weight excluding hydrogens is 267 g/mol. The summed E-state index contributed by atoms with van der Waals surface area (Å²) in [6, 6.07) is 3.89. The number of anilines is 1. The standard InChI is InChI=1S/C14H20Cl2N2/c1-3-14(2)6-8-18(9-7-14)13-5-4-11(16)12(10-15)17-13/h4-5H,3,6-10H2,1-2H3. The van der Waals surface area contributed by atoms with Crippen molar-refractivity contribution >= 4 is 29.0 Å². The molecule has 1 saturated heterocycles. The van der Waals surface area contributed by atoms with Gasteiger partial charge in [0.2, 0.25) is 0 Å². The predicted molar refractivity (Wildman–Crippen MR) is 78.6 cm³/mol. The zero-order chi connectivity index (χ0) is 13.2. The molecule has 1 aliphatic rings. The van der Waals surface area contributed by atoms with Gasteiger partial charge in [-0.2, -0.15) is 0 Å². The van der Waals surface area contributed by atoms with Gasteiger partial charge in [-0.15, -0.1) is 11.6 Å². The van der Waals surface area contributed by atoms with Crippen molar-refractivity contribution < 1.29 is 0 Å². The normalized spacial score (nSPS) is 19.0.